The maximum Gasteiger partial charge on any atom is 0.227 e. The van der Waals surface area contributed by atoms with E-state index in [9.17, 15) is 0 Å². The molecule has 1 heterocycles. The van der Waals surface area contributed by atoms with Crippen LogP contribution in [-0.2, 0) is 0 Å². The highest BCUT2D eigenvalue weighted by atomic mass is 79.9. The van der Waals surface area contributed by atoms with Gasteiger partial charge >= 0.3 is 0 Å². The van der Waals surface area contributed by atoms with E-state index in [4.69, 9.17) is 4.74 Å². The molecule has 0 aliphatic heterocycles. The van der Waals surface area contributed by atoms with Crippen LogP contribution in [0.15, 0.2) is 59.2 Å². The van der Waals surface area contributed by atoms with Gasteiger partial charge in [-0.15, -0.1) is 0 Å². The molecule has 0 saturated heterocycles. The lowest BCUT2D eigenvalue weighted by atomic mass is 10.2. The first-order valence-electron chi connectivity index (χ1n) is 6.02. The molecule has 3 heteroatoms. The lowest BCUT2D eigenvalue weighted by Crippen LogP contribution is -1.90. The largest absolute Gasteiger partial charge is 0.437 e. The quantitative estimate of drug-likeness (QED) is 0.656. The Kier molecular flexibility index (Phi) is 3.22. The van der Waals surface area contributed by atoms with E-state index in [1.54, 1.807) is 6.20 Å². The summed E-state index contributed by atoms with van der Waals surface area (Å²) in [5.41, 5.74) is 1.19. The standard InChI is InChI=1S/C16H12BrNO/c1-11-6-7-15(14(17)10-11)19-16-13-5-3-2-4-12(13)8-9-18-16/h2-10H,1H3. The van der Waals surface area contributed by atoms with E-state index in [0.29, 0.717) is 5.88 Å². The molecule has 2 nitrogen and oxygen atoms in total. The number of ether oxygens (including phenoxy) is 1. The van der Waals surface area contributed by atoms with E-state index in [0.717, 1.165) is 21.0 Å². The third kappa shape index (κ3) is 2.47. The Morgan fingerprint density at radius 3 is 2.74 bits per heavy atom. The summed E-state index contributed by atoms with van der Waals surface area (Å²) >= 11 is 3.52. The summed E-state index contributed by atoms with van der Waals surface area (Å²) in [7, 11) is 0. The van der Waals surface area contributed by atoms with E-state index in [2.05, 4.69) is 20.9 Å². The van der Waals surface area contributed by atoms with E-state index < -0.39 is 0 Å². The Morgan fingerprint density at radius 2 is 1.89 bits per heavy atom. The molecule has 2 aromatic carbocycles. The Balaban J connectivity index is 2.06. The monoisotopic (exact) mass is 313 g/mol. The average molecular weight is 314 g/mol. The number of benzene rings is 2. The van der Waals surface area contributed by atoms with E-state index >= 15 is 0 Å². The van der Waals surface area contributed by atoms with Gasteiger partial charge in [0.1, 0.15) is 5.75 Å². The molecule has 3 aromatic rings. The van der Waals surface area contributed by atoms with Crippen LogP contribution in [0.5, 0.6) is 11.6 Å². The van der Waals surface area contributed by atoms with Crippen molar-refractivity contribution in [2.24, 2.45) is 0 Å². The van der Waals surface area contributed by atoms with Gasteiger partial charge in [-0.1, -0.05) is 24.3 Å². The summed E-state index contributed by atoms with van der Waals surface area (Å²) in [5, 5.41) is 2.13. The number of aryl methyl sites for hydroxylation is 1. The van der Waals surface area contributed by atoms with Gasteiger partial charge in [0.05, 0.1) is 4.47 Å². The number of pyridine rings is 1. The average Bonchev–Trinajstić information content (AvgIpc) is 2.42. The van der Waals surface area contributed by atoms with Gasteiger partial charge in [0.25, 0.3) is 0 Å². The predicted molar refractivity (Wildman–Crippen MR) is 80.7 cm³/mol. The topological polar surface area (TPSA) is 22.1 Å². The first-order valence-corrected chi connectivity index (χ1v) is 6.81. The summed E-state index contributed by atoms with van der Waals surface area (Å²) in [6, 6.07) is 16.0. The second-order valence-corrected chi connectivity index (χ2v) is 5.23. The third-order valence-corrected chi connectivity index (χ3v) is 3.55. The van der Waals surface area contributed by atoms with Crippen LogP contribution in [0.2, 0.25) is 0 Å². The number of hydrogen-bond acceptors (Lipinski definition) is 2. The highest BCUT2D eigenvalue weighted by molar-refractivity contribution is 9.10. The van der Waals surface area contributed by atoms with Gasteiger partial charge < -0.3 is 4.74 Å². The van der Waals surface area contributed by atoms with Gasteiger partial charge in [0, 0.05) is 11.6 Å². The van der Waals surface area contributed by atoms with Gasteiger partial charge in [-0.25, -0.2) is 4.98 Å². The van der Waals surface area contributed by atoms with Crippen molar-refractivity contribution in [1.29, 1.82) is 0 Å². The molecule has 0 radical (unpaired) electrons. The second kappa shape index (κ2) is 5.02. The third-order valence-electron chi connectivity index (χ3n) is 2.93. The van der Waals surface area contributed by atoms with Crippen molar-refractivity contribution in [2.75, 3.05) is 0 Å². The van der Waals surface area contributed by atoms with Gasteiger partial charge in [-0.2, -0.15) is 0 Å². The van der Waals surface area contributed by atoms with E-state index in [1.165, 1.54) is 5.56 Å². The molecule has 0 unspecified atom stereocenters. The summed E-state index contributed by atoms with van der Waals surface area (Å²) in [4.78, 5) is 4.32. The first kappa shape index (κ1) is 12.2. The SMILES string of the molecule is Cc1ccc(Oc2nccc3ccccc23)c(Br)c1. The summed E-state index contributed by atoms with van der Waals surface area (Å²) in [5.74, 6) is 1.40. The summed E-state index contributed by atoms with van der Waals surface area (Å²) < 4.78 is 6.85. The zero-order valence-corrected chi connectivity index (χ0v) is 12.0. The first-order chi connectivity index (χ1) is 9.24. The minimum absolute atomic E-state index is 0.627. The van der Waals surface area contributed by atoms with E-state index in [1.807, 2.05) is 55.5 Å². The fourth-order valence-corrected chi connectivity index (χ4v) is 2.54. The minimum atomic E-state index is 0.627. The zero-order valence-electron chi connectivity index (χ0n) is 10.4. The highest BCUT2D eigenvalue weighted by Crippen LogP contribution is 2.32. The molecule has 0 aliphatic rings. The molecule has 0 spiro atoms. The van der Waals surface area contributed by atoms with Crippen molar-refractivity contribution in [2.45, 2.75) is 6.92 Å². The molecule has 3 rings (SSSR count). The van der Waals surface area contributed by atoms with Gasteiger partial charge in [-0.05, 0) is 58.1 Å². The lowest BCUT2D eigenvalue weighted by Gasteiger charge is -2.09. The van der Waals surface area contributed by atoms with Crippen molar-refractivity contribution >= 4 is 26.7 Å². The van der Waals surface area contributed by atoms with Gasteiger partial charge in [0.15, 0.2) is 0 Å². The van der Waals surface area contributed by atoms with Crippen molar-refractivity contribution in [3.05, 3.63) is 64.8 Å². The summed E-state index contributed by atoms with van der Waals surface area (Å²) in [6.07, 6.45) is 1.76. The minimum Gasteiger partial charge on any atom is -0.437 e. The van der Waals surface area contributed by atoms with Crippen LogP contribution in [0.25, 0.3) is 10.8 Å². The fourth-order valence-electron chi connectivity index (χ4n) is 1.97. The Hall–Kier alpha value is -1.87. The zero-order chi connectivity index (χ0) is 13.2. The fraction of sp³-hybridized carbons (Fsp3) is 0.0625. The molecular formula is C16H12BrNO. The molecule has 94 valence electrons. The van der Waals surface area contributed by atoms with Crippen LogP contribution < -0.4 is 4.74 Å². The molecule has 19 heavy (non-hydrogen) atoms. The maximum absolute atomic E-state index is 5.92. The molecular weight excluding hydrogens is 302 g/mol. The molecule has 0 bridgehead atoms. The maximum atomic E-state index is 5.92. The van der Waals surface area contributed by atoms with Crippen LogP contribution in [-0.4, -0.2) is 4.98 Å². The number of hydrogen-bond donors (Lipinski definition) is 0. The van der Waals surface area contributed by atoms with E-state index in [-0.39, 0.29) is 0 Å². The predicted octanol–water partition coefficient (Wildman–Crippen LogP) is 5.10. The Bertz CT molecular complexity index is 734. The van der Waals surface area contributed by atoms with Crippen LogP contribution in [0.3, 0.4) is 0 Å². The van der Waals surface area contributed by atoms with Crippen molar-refractivity contribution in [3.8, 4) is 11.6 Å². The molecule has 0 atom stereocenters. The normalized spacial score (nSPS) is 10.6. The lowest BCUT2D eigenvalue weighted by molar-refractivity contribution is 0.466. The molecule has 0 aliphatic carbocycles. The number of halogens is 1. The van der Waals surface area contributed by atoms with Crippen LogP contribution in [0.1, 0.15) is 5.56 Å². The highest BCUT2D eigenvalue weighted by Gasteiger charge is 2.07. The van der Waals surface area contributed by atoms with Gasteiger partial charge in [-0.3, -0.25) is 0 Å². The van der Waals surface area contributed by atoms with Crippen LogP contribution in [0.4, 0.5) is 0 Å². The van der Waals surface area contributed by atoms with Crippen molar-refractivity contribution in [3.63, 3.8) is 0 Å². The van der Waals surface area contributed by atoms with Crippen molar-refractivity contribution in [1.82, 2.24) is 4.98 Å². The number of fused-ring (bicyclic) bond motifs is 1. The second-order valence-electron chi connectivity index (χ2n) is 4.37. The van der Waals surface area contributed by atoms with Crippen LogP contribution >= 0.6 is 15.9 Å². The van der Waals surface area contributed by atoms with Crippen LogP contribution in [0, 0.1) is 6.92 Å². The molecule has 0 N–H and O–H groups in total. The molecule has 0 fully saturated rings. The Morgan fingerprint density at radius 1 is 1.05 bits per heavy atom. The summed E-state index contributed by atoms with van der Waals surface area (Å²) in [6.45, 7) is 2.05. The number of aromatic nitrogens is 1. The molecule has 0 saturated carbocycles. The number of rotatable bonds is 2. The Labute approximate surface area is 120 Å². The molecule has 1 aromatic heterocycles. The smallest absolute Gasteiger partial charge is 0.227 e. The van der Waals surface area contributed by atoms with Crippen molar-refractivity contribution < 1.29 is 4.74 Å². The molecule has 0 amide bonds. The number of nitrogens with zero attached hydrogens (tertiary/aromatic N) is 1. The van der Waals surface area contributed by atoms with Gasteiger partial charge in [0.2, 0.25) is 5.88 Å².